The number of methoxy groups -OCH3 is 1. The molecule has 1 atom stereocenters. The Hall–Kier alpha value is -3.33. The molecule has 0 spiro atoms. The van der Waals surface area contributed by atoms with E-state index in [0.29, 0.717) is 34.0 Å². The molecule has 10 heteroatoms. The summed E-state index contributed by atoms with van der Waals surface area (Å²) in [5.41, 5.74) is 2.71. The average Bonchev–Trinajstić information content (AvgIpc) is 3.33. The van der Waals surface area contributed by atoms with Gasteiger partial charge in [0.2, 0.25) is 5.91 Å². The summed E-state index contributed by atoms with van der Waals surface area (Å²) in [5, 5.41) is 16.0. The normalized spacial score (nSPS) is 13.5. The molecule has 0 bridgehead atoms. The van der Waals surface area contributed by atoms with E-state index in [0.717, 1.165) is 15.0 Å². The van der Waals surface area contributed by atoms with Gasteiger partial charge in [0.15, 0.2) is 0 Å². The molecule has 0 saturated carbocycles. The molecule has 1 unspecified atom stereocenters. The number of pyridine rings is 1. The van der Waals surface area contributed by atoms with Gasteiger partial charge < -0.3 is 19.9 Å². The van der Waals surface area contributed by atoms with Gasteiger partial charge >= 0.3 is 0 Å². The van der Waals surface area contributed by atoms with E-state index in [-0.39, 0.29) is 11.5 Å². The fraction of sp³-hybridized carbons (Fsp3) is 0.160. The lowest BCUT2D eigenvalue weighted by Gasteiger charge is -2.16. The van der Waals surface area contributed by atoms with Crippen LogP contribution in [-0.4, -0.2) is 33.7 Å². The van der Waals surface area contributed by atoms with Crippen LogP contribution in [0.15, 0.2) is 68.8 Å². The standard InChI is InChI=1S/C25H21ClIN5O3/c1-15(32-10-9-17(11-23(32)33)21-12-19(26)6-3-18(21)13-28)25(34)29-20-7-4-16(5-8-20)24-30-22(14-35-2)27-31-24/h3-12,15H,14H2,1-2H3,(H,29,34)(H,30,31). The molecule has 8 nitrogen and oxygen atoms in total. The van der Waals surface area contributed by atoms with Gasteiger partial charge in [-0.3, -0.25) is 9.59 Å². The zero-order chi connectivity index (χ0) is 24.9. The van der Waals surface area contributed by atoms with Crippen LogP contribution in [0.4, 0.5) is 5.69 Å². The molecule has 4 rings (SSSR count). The minimum atomic E-state index is -0.747. The Morgan fingerprint density at radius 2 is 2.00 bits per heavy atom. The van der Waals surface area contributed by atoms with Gasteiger partial charge in [0.05, 0.1) is 42.9 Å². The number of hydrogen-bond donors (Lipinski definition) is 2. The number of carbonyl (C=O) groups is 1. The van der Waals surface area contributed by atoms with Crippen LogP contribution in [0, 0.1) is 11.3 Å². The van der Waals surface area contributed by atoms with E-state index < -0.39 is 27.0 Å². The summed E-state index contributed by atoms with van der Waals surface area (Å²) in [6, 6.07) is 16.7. The number of amides is 1. The van der Waals surface area contributed by atoms with Crippen molar-refractivity contribution in [3.05, 3.63) is 87.3 Å². The van der Waals surface area contributed by atoms with Crippen LogP contribution < -0.4 is 16.2 Å². The van der Waals surface area contributed by atoms with E-state index in [4.69, 9.17) is 16.3 Å². The maximum atomic E-state index is 12.8. The quantitative estimate of drug-likeness (QED) is 0.394. The third-order valence-corrected chi connectivity index (χ3v) is 7.46. The van der Waals surface area contributed by atoms with E-state index in [9.17, 15) is 14.9 Å². The third-order valence-electron chi connectivity index (χ3n) is 5.34. The van der Waals surface area contributed by atoms with E-state index in [2.05, 4.69) is 19.9 Å². The molecule has 0 aliphatic carbocycles. The summed E-state index contributed by atoms with van der Waals surface area (Å²) >= 11 is 5.63. The van der Waals surface area contributed by atoms with Gasteiger partial charge in [0.25, 0.3) is 5.56 Å². The Bertz CT molecular complexity index is 1440. The molecule has 2 N–H and O–H groups in total. The second-order valence-electron chi connectivity index (χ2n) is 7.69. The number of hydrogen-bond acceptors (Lipinski definition) is 6. The van der Waals surface area contributed by atoms with Gasteiger partial charge in [-0.1, -0.05) is 11.6 Å². The van der Waals surface area contributed by atoms with Gasteiger partial charge in [-0.05, 0) is 61.0 Å². The van der Waals surface area contributed by atoms with Gasteiger partial charge in [0.1, 0.15) is 11.9 Å². The van der Waals surface area contributed by atoms with E-state index in [1.54, 1.807) is 56.6 Å². The first-order valence-electron chi connectivity index (χ1n) is 10.6. The molecule has 1 amide bonds. The number of nitrogens with one attached hydrogen (secondary N) is 2. The number of nitrogens with zero attached hydrogens (tertiary/aromatic N) is 3. The predicted octanol–water partition coefficient (Wildman–Crippen LogP) is 4.25. The molecule has 1 aliphatic heterocycles. The second kappa shape index (κ2) is 10.9. The zero-order valence-corrected chi connectivity index (χ0v) is 21.8. The van der Waals surface area contributed by atoms with Crippen molar-refractivity contribution in [2.75, 3.05) is 19.0 Å². The topological polar surface area (TPSA) is 109 Å². The summed E-state index contributed by atoms with van der Waals surface area (Å²) in [7, 11) is 1.65. The number of ether oxygens (including phenoxy) is 1. The Morgan fingerprint density at radius 1 is 1.23 bits per heavy atom. The lowest BCUT2D eigenvalue weighted by Crippen LogP contribution is -2.31. The Kier molecular flexibility index (Phi) is 7.75. The van der Waals surface area contributed by atoms with Crippen molar-refractivity contribution in [1.29, 1.82) is 5.26 Å². The van der Waals surface area contributed by atoms with Crippen LogP contribution in [0.3, 0.4) is 0 Å². The minimum absolute atomic E-state index is 0.328. The summed E-state index contributed by atoms with van der Waals surface area (Å²) in [6.45, 7) is 2.20. The first-order chi connectivity index (χ1) is 16.9. The summed E-state index contributed by atoms with van der Waals surface area (Å²) < 4.78 is 12.2. The summed E-state index contributed by atoms with van der Waals surface area (Å²) in [4.78, 5) is 25.6. The summed E-state index contributed by atoms with van der Waals surface area (Å²) in [6.07, 6.45) is 1.55. The van der Waals surface area contributed by atoms with Gasteiger partial charge in [-0.2, -0.15) is 5.26 Å². The second-order valence-corrected chi connectivity index (χ2v) is 10.4. The highest BCUT2D eigenvalue weighted by atomic mass is 127. The maximum Gasteiger partial charge on any atom is 0.251 e. The number of benzene rings is 2. The van der Waals surface area contributed by atoms with Crippen LogP contribution in [-0.2, 0) is 9.53 Å². The third kappa shape index (κ3) is 5.67. The molecule has 0 fully saturated rings. The van der Waals surface area contributed by atoms with Crippen LogP contribution in [0.1, 0.15) is 24.1 Å². The largest absolute Gasteiger partial charge is 0.378 e. The number of rotatable bonds is 7. The Labute approximate surface area is 217 Å². The SMILES string of the molecule is COCC1=IN=C(c2ccc(NC(=O)C(C)n3ccc(-c4cc(Cl)ccc4C#N)cc3=O)cc2)N1. The molecule has 2 heterocycles. The van der Waals surface area contributed by atoms with Gasteiger partial charge in [-0.25, -0.2) is 3.21 Å². The van der Waals surface area contributed by atoms with Gasteiger partial charge in [0, 0.05) is 41.2 Å². The van der Waals surface area contributed by atoms with Gasteiger partial charge in [-0.15, -0.1) is 0 Å². The van der Waals surface area contributed by atoms with Crippen LogP contribution in [0.25, 0.3) is 11.1 Å². The zero-order valence-electron chi connectivity index (χ0n) is 18.9. The Balaban J connectivity index is 1.45. The molecule has 3 aromatic rings. The van der Waals surface area contributed by atoms with E-state index in [1.807, 2.05) is 12.1 Å². The number of anilines is 1. The monoisotopic (exact) mass is 601 g/mol. The minimum Gasteiger partial charge on any atom is -0.378 e. The van der Waals surface area contributed by atoms with E-state index in [1.165, 1.54) is 10.6 Å². The first-order valence-corrected chi connectivity index (χ1v) is 13.0. The number of aromatic nitrogens is 1. The summed E-state index contributed by atoms with van der Waals surface area (Å²) in [5.74, 6) is 0.480. The van der Waals surface area contributed by atoms with Crippen LogP contribution in [0.5, 0.6) is 0 Å². The molecule has 2 aromatic carbocycles. The van der Waals surface area contributed by atoms with Crippen molar-refractivity contribution < 1.29 is 9.53 Å². The average molecular weight is 602 g/mol. The van der Waals surface area contributed by atoms with E-state index >= 15 is 0 Å². The molecule has 1 aliphatic rings. The first kappa shape index (κ1) is 24.8. The predicted molar refractivity (Wildman–Crippen MR) is 146 cm³/mol. The van der Waals surface area contributed by atoms with Crippen LogP contribution in [0.2, 0.25) is 5.02 Å². The van der Waals surface area contributed by atoms with Crippen molar-refractivity contribution in [2.45, 2.75) is 13.0 Å². The number of halogens is 2. The highest BCUT2D eigenvalue weighted by molar-refractivity contribution is 14.2. The van der Waals surface area contributed by atoms with Crippen molar-refractivity contribution in [2.24, 2.45) is 3.21 Å². The number of carbonyl (C=O) groups excluding carboxylic acids is 1. The van der Waals surface area contributed by atoms with Crippen molar-refractivity contribution in [1.82, 2.24) is 9.88 Å². The van der Waals surface area contributed by atoms with Crippen LogP contribution >= 0.6 is 32.6 Å². The highest BCUT2D eigenvalue weighted by Gasteiger charge is 2.18. The van der Waals surface area contributed by atoms with Crippen molar-refractivity contribution >= 4 is 53.7 Å². The smallest absolute Gasteiger partial charge is 0.251 e. The maximum absolute atomic E-state index is 12.8. The lowest BCUT2D eigenvalue weighted by atomic mass is 10.0. The molecule has 35 heavy (non-hydrogen) atoms. The number of nitriles is 1. The van der Waals surface area contributed by atoms with Crippen molar-refractivity contribution in [3.63, 3.8) is 0 Å². The molecular weight excluding hydrogens is 581 g/mol. The fourth-order valence-electron chi connectivity index (χ4n) is 3.49. The molecule has 178 valence electrons. The highest BCUT2D eigenvalue weighted by Crippen LogP contribution is 2.26. The number of amidine groups is 1. The molecular formula is C25H21ClIN5O3. The lowest BCUT2D eigenvalue weighted by molar-refractivity contribution is -0.118. The Morgan fingerprint density at radius 3 is 2.69 bits per heavy atom. The molecule has 0 saturated heterocycles. The fourth-order valence-corrected chi connectivity index (χ4v) is 5.42. The van der Waals surface area contributed by atoms with Crippen molar-refractivity contribution in [3.8, 4) is 17.2 Å². The molecule has 1 aromatic heterocycles. The molecule has 0 radical (unpaired) electrons.